The number of hydrogen-bond donors (Lipinski definition) is 0. The Hall–Kier alpha value is -7.11. The Morgan fingerprint density at radius 2 is 0.981 bits per heavy atom. The minimum Gasteiger partial charge on any atom is -0.457 e. The smallest absolute Gasteiger partial charge is 0.234 e. The van der Waals surface area contributed by atoms with Crippen LogP contribution in [0.3, 0.4) is 0 Å². The van der Waals surface area contributed by atoms with Gasteiger partial charge in [-0.25, -0.2) is 19.9 Å². The maximum absolute atomic E-state index is 6.38. The van der Waals surface area contributed by atoms with E-state index in [9.17, 15) is 0 Å². The first kappa shape index (κ1) is 30.9. The molecule has 0 aliphatic rings. The molecule has 9 aromatic rings. The third-order valence-corrected chi connectivity index (χ3v) is 8.89. The summed E-state index contributed by atoms with van der Waals surface area (Å²) >= 11 is 1.54. The molecule has 5 aromatic heterocycles. The van der Waals surface area contributed by atoms with Gasteiger partial charge in [0.05, 0.1) is 21.4 Å². The SMILES string of the molecule is c1ccc(Oc2cccc(Oc3ccc4c5ccc(Oc6cccc(Oc7ccccn7)c6)cc5n(-c5ncc(-c6cncs6)cn5)c4c3)c2)nc1. The summed E-state index contributed by atoms with van der Waals surface area (Å²) in [5, 5.41) is 2.00. The number of thiazole rings is 1. The lowest BCUT2D eigenvalue weighted by atomic mass is 10.1. The zero-order valence-electron chi connectivity index (χ0n) is 27.2. The highest BCUT2D eigenvalue weighted by atomic mass is 32.1. The average Bonchev–Trinajstić information content (AvgIpc) is 3.83. The van der Waals surface area contributed by atoms with Gasteiger partial charge in [0.15, 0.2) is 0 Å². The molecule has 0 spiro atoms. The van der Waals surface area contributed by atoms with Crippen molar-refractivity contribution in [3.05, 3.63) is 158 Å². The summed E-state index contributed by atoms with van der Waals surface area (Å²) in [6, 6.07) is 37.9. The number of ether oxygens (including phenoxy) is 4. The average molecular weight is 699 g/mol. The predicted molar refractivity (Wildman–Crippen MR) is 199 cm³/mol. The van der Waals surface area contributed by atoms with Crippen LogP contribution in [0.1, 0.15) is 0 Å². The number of rotatable bonds is 10. The van der Waals surface area contributed by atoms with Crippen LogP contribution in [-0.2, 0) is 0 Å². The Bertz CT molecular complexity index is 2490. The fourth-order valence-electron chi connectivity index (χ4n) is 5.77. The van der Waals surface area contributed by atoms with Gasteiger partial charge in [0.2, 0.25) is 17.7 Å². The minimum absolute atomic E-state index is 0.499. The van der Waals surface area contributed by atoms with E-state index in [2.05, 4.69) is 15.0 Å². The van der Waals surface area contributed by atoms with E-state index >= 15 is 0 Å². The molecule has 0 saturated heterocycles. The van der Waals surface area contributed by atoms with Crippen LogP contribution in [0.2, 0.25) is 0 Å². The lowest BCUT2D eigenvalue weighted by Crippen LogP contribution is -2.01. The third kappa shape index (κ3) is 6.47. The van der Waals surface area contributed by atoms with Crippen molar-refractivity contribution < 1.29 is 18.9 Å². The topological polar surface area (TPSA) is 106 Å². The minimum atomic E-state index is 0.499. The first-order valence-electron chi connectivity index (χ1n) is 16.2. The van der Waals surface area contributed by atoms with Crippen molar-refractivity contribution in [3.63, 3.8) is 0 Å². The number of hydrogen-bond acceptors (Lipinski definition) is 10. The molecular formula is C41H26N6O4S. The summed E-state index contributed by atoms with van der Waals surface area (Å²) in [6.07, 6.45) is 8.81. The van der Waals surface area contributed by atoms with Crippen molar-refractivity contribution in [2.45, 2.75) is 0 Å². The number of pyridine rings is 2. The molecule has 0 N–H and O–H groups in total. The maximum Gasteiger partial charge on any atom is 0.234 e. The summed E-state index contributed by atoms with van der Waals surface area (Å²) in [5.41, 5.74) is 4.41. The van der Waals surface area contributed by atoms with Gasteiger partial charge in [-0.2, -0.15) is 0 Å². The largest absolute Gasteiger partial charge is 0.457 e. The van der Waals surface area contributed by atoms with Crippen LogP contribution in [0.5, 0.6) is 46.3 Å². The Morgan fingerprint density at radius 1 is 0.462 bits per heavy atom. The zero-order valence-corrected chi connectivity index (χ0v) is 28.1. The molecule has 0 fully saturated rings. The second-order valence-corrected chi connectivity index (χ2v) is 12.4. The van der Waals surface area contributed by atoms with Gasteiger partial charge >= 0.3 is 0 Å². The number of benzene rings is 4. The molecule has 52 heavy (non-hydrogen) atoms. The second-order valence-electron chi connectivity index (χ2n) is 11.5. The molecule has 0 bridgehead atoms. The third-order valence-electron chi connectivity index (χ3n) is 8.07. The van der Waals surface area contributed by atoms with E-state index in [1.165, 1.54) is 11.3 Å². The Morgan fingerprint density at radius 3 is 1.46 bits per heavy atom. The predicted octanol–water partition coefficient (Wildman–Crippen LogP) is 10.7. The molecule has 11 heteroatoms. The molecule has 0 unspecified atom stereocenters. The molecule has 10 nitrogen and oxygen atoms in total. The van der Waals surface area contributed by atoms with Crippen molar-refractivity contribution in [2.24, 2.45) is 0 Å². The molecule has 250 valence electrons. The van der Waals surface area contributed by atoms with Gasteiger partial charge in [0, 0.05) is 83.7 Å². The van der Waals surface area contributed by atoms with Gasteiger partial charge in [-0.15, -0.1) is 11.3 Å². The van der Waals surface area contributed by atoms with E-state index in [4.69, 9.17) is 28.9 Å². The Labute approximate surface area is 301 Å². The summed E-state index contributed by atoms with van der Waals surface area (Å²) in [6.45, 7) is 0. The van der Waals surface area contributed by atoms with Crippen molar-refractivity contribution in [3.8, 4) is 62.6 Å². The normalized spacial score (nSPS) is 11.1. The molecule has 0 radical (unpaired) electrons. The van der Waals surface area contributed by atoms with Gasteiger partial charge < -0.3 is 18.9 Å². The van der Waals surface area contributed by atoms with Gasteiger partial charge in [-0.1, -0.05) is 24.3 Å². The molecule has 5 heterocycles. The van der Waals surface area contributed by atoms with Gasteiger partial charge in [-0.05, 0) is 60.7 Å². The standard InChI is InChI=1S/C41H26N6O4S/c1-3-17-43-39(11-1)50-30-9-5-7-28(19-30)48-32-13-15-34-35-16-14-33(49-29-8-6-10-31(20-29)51-40-12-2-4-18-44-40)22-37(35)47(36(34)21-32)41-45-23-27(24-46-41)38-25-42-26-52-38/h1-26H. The van der Waals surface area contributed by atoms with Crippen molar-refractivity contribution in [2.75, 3.05) is 0 Å². The maximum atomic E-state index is 6.38. The van der Waals surface area contributed by atoms with Crippen LogP contribution in [0.4, 0.5) is 0 Å². The van der Waals surface area contributed by atoms with Crippen molar-refractivity contribution in [1.29, 1.82) is 0 Å². The van der Waals surface area contributed by atoms with Crippen LogP contribution in [0.15, 0.2) is 158 Å². The zero-order chi connectivity index (χ0) is 34.7. The molecule has 0 saturated carbocycles. The van der Waals surface area contributed by atoms with Crippen LogP contribution in [0, 0.1) is 0 Å². The highest BCUT2D eigenvalue weighted by Gasteiger charge is 2.17. The van der Waals surface area contributed by atoms with E-state index in [0.717, 1.165) is 32.2 Å². The fraction of sp³-hybridized carbons (Fsp3) is 0. The summed E-state index contributed by atoms with van der Waals surface area (Å²) in [5.74, 6) is 5.23. The van der Waals surface area contributed by atoms with Crippen LogP contribution >= 0.6 is 11.3 Å². The molecule has 9 rings (SSSR count). The molecule has 0 atom stereocenters. The monoisotopic (exact) mass is 698 g/mol. The van der Waals surface area contributed by atoms with Crippen molar-refractivity contribution >= 4 is 33.1 Å². The van der Waals surface area contributed by atoms with E-state index in [1.54, 1.807) is 30.0 Å². The van der Waals surface area contributed by atoms with E-state index < -0.39 is 0 Å². The molecule has 0 aliphatic heterocycles. The molecular weight excluding hydrogens is 673 g/mol. The lowest BCUT2D eigenvalue weighted by Gasteiger charge is -2.11. The molecule has 0 amide bonds. The molecule has 4 aromatic carbocycles. The highest BCUT2D eigenvalue weighted by molar-refractivity contribution is 7.13. The summed E-state index contributed by atoms with van der Waals surface area (Å²) < 4.78 is 26.6. The molecule has 0 aliphatic carbocycles. The fourth-order valence-corrected chi connectivity index (χ4v) is 6.37. The lowest BCUT2D eigenvalue weighted by molar-refractivity contribution is 0.448. The second kappa shape index (κ2) is 13.7. The summed E-state index contributed by atoms with van der Waals surface area (Å²) in [7, 11) is 0. The first-order valence-corrected chi connectivity index (χ1v) is 17.1. The van der Waals surface area contributed by atoms with Gasteiger partial charge in [-0.3, -0.25) is 9.55 Å². The van der Waals surface area contributed by atoms with Crippen molar-refractivity contribution in [1.82, 2.24) is 29.5 Å². The quantitative estimate of drug-likeness (QED) is 0.138. The first-order chi connectivity index (χ1) is 25.7. The Balaban J connectivity index is 1.08. The van der Waals surface area contributed by atoms with Gasteiger partial charge in [0.1, 0.15) is 34.5 Å². The van der Waals surface area contributed by atoms with Crippen LogP contribution in [-0.4, -0.2) is 29.5 Å². The van der Waals surface area contributed by atoms with E-state index in [1.807, 2.05) is 132 Å². The van der Waals surface area contributed by atoms with Gasteiger partial charge in [0.25, 0.3) is 0 Å². The van der Waals surface area contributed by atoms with E-state index in [-0.39, 0.29) is 0 Å². The summed E-state index contributed by atoms with van der Waals surface area (Å²) in [4.78, 5) is 23.3. The van der Waals surface area contributed by atoms with E-state index in [0.29, 0.717) is 52.2 Å². The number of fused-ring (bicyclic) bond motifs is 3. The van der Waals surface area contributed by atoms with Crippen LogP contribution < -0.4 is 18.9 Å². The number of aromatic nitrogens is 6. The Kier molecular flexibility index (Phi) is 8.12. The highest BCUT2D eigenvalue weighted by Crippen LogP contribution is 2.38. The number of nitrogens with zero attached hydrogens (tertiary/aromatic N) is 6. The van der Waals surface area contributed by atoms with Crippen LogP contribution in [0.25, 0.3) is 38.2 Å².